The number of aliphatic hydroxyl groups excluding tert-OH is 1. The van der Waals surface area contributed by atoms with Crippen molar-refractivity contribution in [3.63, 3.8) is 0 Å². The molecule has 0 saturated heterocycles. The number of aryl methyl sites for hydroxylation is 2. The van der Waals surface area contributed by atoms with Gasteiger partial charge in [-0.3, -0.25) is 8.98 Å². The van der Waals surface area contributed by atoms with Crippen molar-refractivity contribution in [3.05, 3.63) is 60.7 Å². The summed E-state index contributed by atoms with van der Waals surface area (Å²) < 4.78 is 33.0. The van der Waals surface area contributed by atoms with Gasteiger partial charge in [0.15, 0.2) is 0 Å². The molecule has 3 N–H and O–H groups in total. The maximum atomic E-state index is 13.6. The van der Waals surface area contributed by atoms with Crippen LogP contribution in [0.15, 0.2) is 18.6 Å². The summed E-state index contributed by atoms with van der Waals surface area (Å²) in [4.78, 5) is 29.6. The first-order valence-corrected chi connectivity index (χ1v) is 15.1. The Balaban J connectivity index is 1.34. The number of ether oxygens (including phenoxy) is 1. The average Bonchev–Trinajstić information content (AvgIpc) is 3.52. The van der Waals surface area contributed by atoms with Gasteiger partial charge in [0.05, 0.1) is 46.2 Å². The molecule has 0 bridgehead atoms. The van der Waals surface area contributed by atoms with Crippen molar-refractivity contribution >= 4 is 38.8 Å². The fourth-order valence-corrected chi connectivity index (χ4v) is 7.49. The van der Waals surface area contributed by atoms with Crippen molar-refractivity contribution in [1.29, 1.82) is 0 Å². The number of hydrogen-bond donors (Lipinski definition) is 2. The summed E-state index contributed by atoms with van der Waals surface area (Å²) in [5.74, 6) is -0.511. The van der Waals surface area contributed by atoms with Gasteiger partial charge in [0.25, 0.3) is 0 Å². The van der Waals surface area contributed by atoms with Crippen molar-refractivity contribution < 1.29 is 27.2 Å². The Morgan fingerprint density at radius 2 is 2.11 bits per heavy atom. The van der Waals surface area contributed by atoms with Crippen LogP contribution in [0.2, 0.25) is 0 Å². The van der Waals surface area contributed by atoms with Crippen molar-refractivity contribution in [3.8, 4) is 0 Å². The molecule has 4 heterocycles. The monoisotopic (exact) mass is 564 g/mol. The Morgan fingerprint density at radius 1 is 1.30 bits per heavy atom. The fraction of sp³-hybridized carbons (Fsp3) is 0.500. The van der Waals surface area contributed by atoms with Gasteiger partial charge >= 0.3 is 10.3 Å². The summed E-state index contributed by atoms with van der Waals surface area (Å²) in [5.41, 5.74) is 2.92. The first-order valence-electron chi connectivity index (χ1n) is 12.0. The third-order valence-corrected chi connectivity index (χ3v) is 9.46. The summed E-state index contributed by atoms with van der Waals surface area (Å²) >= 11 is 3.11. The molecule has 13 heteroatoms. The van der Waals surface area contributed by atoms with Crippen LogP contribution < -0.4 is 5.14 Å². The van der Waals surface area contributed by atoms with Gasteiger partial charge in [0.2, 0.25) is 5.78 Å². The molecular formula is C24H28N4O6S3. The van der Waals surface area contributed by atoms with Crippen LogP contribution in [0.5, 0.6) is 0 Å². The van der Waals surface area contributed by atoms with E-state index in [-0.39, 0.29) is 30.3 Å². The maximum Gasteiger partial charge on any atom is 0.333 e. The van der Waals surface area contributed by atoms with E-state index in [1.807, 2.05) is 19.9 Å². The topological polar surface area (TPSA) is 155 Å². The minimum Gasteiger partial charge on any atom is -0.393 e. The van der Waals surface area contributed by atoms with Gasteiger partial charge in [-0.1, -0.05) is 0 Å². The highest BCUT2D eigenvalue weighted by Gasteiger charge is 2.35. The van der Waals surface area contributed by atoms with Crippen LogP contribution in [-0.2, 0) is 32.1 Å². The molecule has 1 aliphatic carbocycles. The molecule has 3 aromatic rings. The largest absolute Gasteiger partial charge is 0.393 e. The predicted octanol–water partition coefficient (Wildman–Crippen LogP) is 2.65. The average molecular weight is 565 g/mol. The Hall–Kier alpha value is -2.13. The Kier molecular flexibility index (Phi) is 7.56. The zero-order chi connectivity index (χ0) is 26.3. The fourth-order valence-electron chi connectivity index (χ4n) is 5.18. The normalized spacial score (nSPS) is 23.8. The minimum atomic E-state index is -4.07. The summed E-state index contributed by atoms with van der Waals surface area (Å²) in [7, 11) is -4.07. The first-order chi connectivity index (χ1) is 17.6. The second-order valence-corrected chi connectivity index (χ2v) is 13.3. The Morgan fingerprint density at radius 3 is 2.89 bits per heavy atom. The van der Waals surface area contributed by atoms with Crippen LogP contribution in [-0.4, -0.2) is 53.6 Å². The van der Waals surface area contributed by atoms with Gasteiger partial charge in [0.1, 0.15) is 12.4 Å². The number of thiophene rings is 1. The number of carbonyl (C=O) groups excluding carboxylic acids is 1. The molecule has 0 spiro atoms. The number of rotatable bonds is 8. The van der Waals surface area contributed by atoms with E-state index in [1.165, 1.54) is 28.7 Å². The molecule has 0 aromatic carbocycles. The van der Waals surface area contributed by atoms with Crippen LogP contribution >= 0.6 is 22.7 Å². The van der Waals surface area contributed by atoms with E-state index in [0.717, 1.165) is 27.6 Å². The third-order valence-electron chi connectivity index (χ3n) is 6.88. The quantitative estimate of drug-likeness (QED) is 0.393. The summed E-state index contributed by atoms with van der Waals surface area (Å²) in [6, 6.07) is 1.90. The highest BCUT2D eigenvalue weighted by molar-refractivity contribution is 7.84. The molecule has 10 nitrogen and oxygen atoms in total. The molecule has 1 unspecified atom stereocenters. The van der Waals surface area contributed by atoms with Gasteiger partial charge in [-0.25, -0.2) is 20.1 Å². The molecule has 2 aliphatic rings. The van der Waals surface area contributed by atoms with Crippen molar-refractivity contribution in [2.24, 2.45) is 17.0 Å². The zero-order valence-corrected chi connectivity index (χ0v) is 22.9. The van der Waals surface area contributed by atoms with Crippen molar-refractivity contribution in [1.82, 2.24) is 15.0 Å². The Labute approximate surface area is 223 Å². The molecule has 0 radical (unpaired) electrons. The van der Waals surface area contributed by atoms with Crippen molar-refractivity contribution in [2.45, 2.75) is 51.7 Å². The van der Waals surface area contributed by atoms with Crippen molar-refractivity contribution in [2.75, 3.05) is 13.2 Å². The highest BCUT2D eigenvalue weighted by Crippen LogP contribution is 2.40. The Bertz CT molecular complexity index is 1420. The molecule has 198 valence electrons. The molecule has 4 atom stereocenters. The molecule has 1 aliphatic heterocycles. The van der Waals surface area contributed by atoms with Gasteiger partial charge in [0, 0.05) is 33.9 Å². The van der Waals surface area contributed by atoms with Crippen LogP contribution in [0.3, 0.4) is 0 Å². The molecule has 0 amide bonds. The number of aromatic nitrogens is 3. The zero-order valence-electron chi connectivity index (χ0n) is 20.4. The number of fused-ring (bicyclic) bond motifs is 1. The molecular weight excluding hydrogens is 536 g/mol. The molecule has 1 saturated carbocycles. The van der Waals surface area contributed by atoms with E-state index < -0.39 is 16.4 Å². The summed E-state index contributed by atoms with van der Waals surface area (Å²) in [6.07, 6.45) is 4.23. The van der Waals surface area contributed by atoms with E-state index in [0.29, 0.717) is 42.0 Å². The lowest BCUT2D eigenvalue weighted by Crippen LogP contribution is -2.24. The third kappa shape index (κ3) is 5.82. The number of aliphatic hydroxyl groups is 1. The van der Waals surface area contributed by atoms with Gasteiger partial charge < -0.3 is 9.84 Å². The van der Waals surface area contributed by atoms with E-state index in [9.17, 15) is 18.3 Å². The SMILES string of the molecule is Cc1nc2c(s1)CCOC2c1cc(C(=O)c2cncnc2C[C@@H]2C[C@H](COS(N)(=O)=O)[C@@H](O)C2)sc1C. The van der Waals surface area contributed by atoms with Gasteiger partial charge in [-0.05, 0) is 45.1 Å². The maximum absolute atomic E-state index is 13.6. The van der Waals surface area contributed by atoms with Crippen LogP contribution in [0.25, 0.3) is 0 Å². The van der Waals surface area contributed by atoms with Gasteiger partial charge in [-0.2, -0.15) is 8.42 Å². The summed E-state index contributed by atoms with van der Waals surface area (Å²) in [5, 5.41) is 16.3. The smallest absolute Gasteiger partial charge is 0.333 e. The lowest BCUT2D eigenvalue weighted by Gasteiger charge is -2.22. The number of ketones is 1. The number of nitrogens with zero attached hydrogens (tertiary/aromatic N) is 3. The highest BCUT2D eigenvalue weighted by atomic mass is 32.2. The minimum absolute atomic E-state index is 0.00752. The molecule has 5 rings (SSSR count). The van der Waals surface area contributed by atoms with E-state index in [1.54, 1.807) is 11.3 Å². The molecule has 37 heavy (non-hydrogen) atoms. The lowest BCUT2D eigenvalue weighted by atomic mass is 9.96. The van der Waals surface area contributed by atoms with E-state index in [2.05, 4.69) is 14.2 Å². The number of carbonyl (C=O) groups is 1. The number of thiazole rings is 1. The van der Waals surface area contributed by atoms with Gasteiger partial charge in [-0.15, -0.1) is 22.7 Å². The second kappa shape index (κ2) is 10.6. The molecule has 3 aromatic heterocycles. The second-order valence-electron chi connectivity index (χ2n) is 9.52. The van der Waals surface area contributed by atoms with E-state index in [4.69, 9.17) is 14.9 Å². The first kappa shape index (κ1) is 26.5. The van der Waals surface area contributed by atoms with Crippen LogP contribution in [0, 0.1) is 25.7 Å². The number of hydrogen-bond acceptors (Lipinski definition) is 11. The predicted molar refractivity (Wildman–Crippen MR) is 138 cm³/mol. The van der Waals surface area contributed by atoms with Crippen LogP contribution in [0.1, 0.15) is 65.9 Å². The molecule has 1 fully saturated rings. The van der Waals surface area contributed by atoms with E-state index >= 15 is 0 Å². The number of nitrogens with two attached hydrogens (primary N) is 1. The lowest BCUT2D eigenvalue weighted by molar-refractivity contribution is 0.0679. The summed E-state index contributed by atoms with van der Waals surface area (Å²) in [6.45, 7) is 4.42. The standard InChI is InChI=1S/C24H28N4O6S3/c1-12-16(24-22-20(3-4-33-24)36-13(2)28-22)8-21(35-12)23(30)17-9-26-11-27-18(17)6-14-5-15(19(29)7-14)10-34-37(25,31)32/h8-9,11,14-15,19,24,29H,3-7,10H2,1-2H3,(H2,25,31,32)/t14-,15+,19-,24?/m0/s1. The van der Waals surface area contributed by atoms with Crippen LogP contribution in [0.4, 0.5) is 0 Å².